The predicted octanol–water partition coefficient (Wildman–Crippen LogP) is 3.83. The van der Waals surface area contributed by atoms with Gasteiger partial charge in [-0.1, -0.05) is 12.8 Å². The van der Waals surface area contributed by atoms with Crippen LogP contribution in [-0.2, 0) is 6.54 Å². The van der Waals surface area contributed by atoms with Crippen LogP contribution >= 0.6 is 15.9 Å². The zero-order valence-electron chi connectivity index (χ0n) is 11.6. The molecule has 0 bridgehead atoms. The number of hydrogen-bond acceptors (Lipinski definition) is 3. The van der Waals surface area contributed by atoms with Crippen LogP contribution in [0.2, 0.25) is 0 Å². The Bertz CT molecular complexity index is 430. The van der Waals surface area contributed by atoms with E-state index in [0.717, 1.165) is 18.0 Å². The minimum Gasteiger partial charge on any atom is -0.503 e. The minimum atomic E-state index is 0.162. The second-order valence-electron chi connectivity index (χ2n) is 5.34. The van der Waals surface area contributed by atoms with E-state index in [0.29, 0.717) is 16.3 Å². The number of nitrogens with one attached hydrogen (secondary N) is 1. The lowest BCUT2D eigenvalue weighted by Gasteiger charge is -2.20. The first-order valence-electron chi connectivity index (χ1n) is 6.90. The Morgan fingerprint density at radius 1 is 1.42 bits per heavy atom. The lowest BCUT2D eigenvalue weighted by atomic mass is 9.99. The summed E-state index contributed by atoms with van der Waals surface area (Å²) in [5, 5.41) is 13.4. The summed E-state index contributed by atoms with van der Waals surface area (Å²) in [6, 6.07) is 4.36. The Balaban J connectivity index is 1.97. The molecule has 0 unspecified atom stereocenters. The zero-order chi connectivity index (χ0) is 13.8. The van der Waals surface area contributed by atoms with Crippen LogP contribution < -0.4 is 10.1 Å². The van der Waals surface area contributed by atoms with Gasteiger partial charge in [-0.15, -0.1) is 0 Å². The van der Waals surface area contributed by atoms with Crippen molar-refractivity contribution in [1.29, 1.82) is 0 Å². The highest BCUT2D eigenvalue weighted by atomic mass is 79.9. The smallest absolute Gasteiger partial charge is 0.172 e. The Kier molecular flexibility index (Phi) is 5.11. The van der Waals surface area contributed by atoms with Crippen LogP contribution in [0.4, 0.5) is 0 Å². The minimum absolute atomic E-state index is 0.162. The standard InChI is InChI=1S/C15H22BrNO2/c1-10(12-5-3-4-6-12)17-9-11-7-13(16)15(18)14(8-11)19-2/h7-8,10,12,17-18H,3-6,9H2,1-2H3/t10-/m1/s1. The molecule has 2 rings (SSSR count). The molecule has 1 saturated carbocycles. The molecule has 0 amide bonds. The van der Waals surface area contributed by atoms with Crippen molar-refractivity contribution in [2.75, 3.05) is 7.11 Å². The first-order chi connectivity index (χ1) is 9.11. The van der Waals surface area contributed by atoms with E-state index in [2.05, 4.69) is 28.2 Å². The van der Waals surface area contributed by atoms with E-state index < -0.39 is 0 Å². The molecule has 1 aliphatic rings. The molecular formula is C15H22BrNO2. The third-order valence-electron chi connectivity index (χ3n) is 4.04. The monoisotopic (exact) mass is 327 g/mol. The number of methoxy groups -OCH3 is 1. The van der Waals surface area contributed by atoms with Crippen LogP contribution in [0.5, 0.6) is 11.5 Å². The van der Waals surface area contributed by atoms with Crippen molar-refractivity contribution in [3.05, 3.63) is 22.2 Å². The molecule has 1 atom stereocenters. The van der Waals surface area contributed by atoms with E-state index >= 15 is 0 Å². The summed E-state index contributed by atoms with van der Waals surface area (Å²) >= 11 is 3.35. The molecule has 3 nitrogen and oxygen atoms in total. The molecule has 0 radical (unpaired) electrons. The van der Waals surface area contributed by atoms with Crippen molar-refractivity contribution in [1.82, 2.24) is 5.32 Å². The molecule has 0 heterocycles. The number of aromatic hydroxyl groups is 1. The molecule has 19 heavy (non-hydrogen) atoms. The van der Waals surface area contributed by atoms with Gasteiger partial charge in [-0.25, -0.2) is 0 Å². The third kappa shape index (κ3) is 3.63. The number of halogens is 1. The van der Waals surface area contributed by atoms with Crippen molar-refractivity contribution >= 4 is 15.9 Å². The number of hydrogen-bond donors (Lipinski definition) is 2. The van der Waals surface area contributed by atoms with Gasteiger partial charge in [0.2, 0.25) is 0 Å². The van der Waals surface area contributed by atoms with Crippen LogP contribution in [0, 0.1) is 5.92 Å². The van der Waals surface area contributed by atoms with Crippen LogP contribution in [-0.4, -0.2) is 18.3 Å². The van der Waals surface area contributed by atoms with Crippen molar-refractivity contribution in [3.63, 3.8) is 0 Å². The predicted molar refractivity (Wildman–Crippen MR) is 80.6 cm³/mol. The van der Waals surface area contributed by atoms with E-state index in [1.807, 2.05) is 12.1 Å². The summed E-state index contributed by atoms with van der Waals surface area (Å²) in [7, 11) is 1.57. The van der Waals surface area contributed by atoms with Gasteiger partial charge in [-0.05, 0) is 59.3 Å². The van der Waals surface area contributed by atoms with Crippen molar-refractivity contribution in [3.8, 4) is 11.5 Å². The number of phenols is 1. The average Bonchev–Trinajstić information content (AvgIpc) is 2.93. The quantitative estimate of drug-likeness (QED) is 0.863. The van der Waals surface area contributed by atoms with Gasteiger partial charge in [-0.2, -0.15) is 0 Å². The molecule has 0 spiro atoms. The third-order valence-corrected chi connectivity index (χ3v) is 4.65. The second-order valence-corrected chi connectivity index (χ2v) is 6.20. The van der Waals surface area contributed by atoms with E-state index in [4.69, 9.17) is 4.74 Å². The molecule has 1 aromatic rings. The molecule has 0 aromatic heterocycles. The first kappa shape index (κ1) is 14.7. The lowest BCUT2D eigenvalue weighted by Crippen LogP contribution is -2.31. The molecule has 4 heteroatoms. The Labute approximate surface area is 123 Å². The van der Waals surface area contributed by atoms with Crippen molar-refractivity contribution < 1.29 is 9.84 Å². The van der Waals surface area contributed by atoms with Gasteiger partial charge in [0, 0.05) is 12.6 Å². The average molecular weight is 328 g/mol. The first-order valence-corrected chi connectivity index (χ1v) is 7.70. The maximum atomic E-state index is 9.78. The summed E-state index contributed by atoms with van der Waals surface area (Å²) in [5.74, 6) is 1.48. The maximum absolute atomic E-state index is 9.78. The summed E-state index contributed by atoms with van der Waals surface area (Å²) < 4.78 is 5.84. The SMILES string of the molecule is COc1cc(CN[C@H](C)C2CCCC2)cc(Br)c1O. The maximum Gasteiger partial charge on any atom is 0.172 e. The number of ether oxygens (including phenoxy) is 1. The van der Waals surface area contributed by atoms with E-state index in [1.165, 1.54) is 25.7 Å². The van der Waals surface area contributed by atoms with Gasteiger partial charge in [0.15, 0.2) is 11.5 Å². The lowest BCUT2D eigenvalue weighted by molar-refractivity contribution is 0.367. The number of benzene rings is 1. The molecule has 0 aliphatic heterocycles. The van der Waals surface area contributed by atoms with E-state index in [9.17, 15) is 5.11 Å². The summed E-state index contributed by atoms with van der Waals surface area (Å²) in [6.07, 6.45) is 5.43. The highest BCUT2D eigenvalue weighted by molar-refractivity contribution is 9.10. The Morgan fingerprint density at radius 3 is 2.74 bits per heavy atom. The Hall–Kier alpha value is -0.740. The fourth-order valence-corrected chi connectivity index (χ4v) is 3.28. The van der Waals surface area contributed by atoms with Gasteiger partial charge in [0.05, 0.1) is 11.6 Å². The van der Waals surface area contributed by atoms with E-state index in [-0.39, 0.29) is 5.75 Å². The Morgan fingerprint density at radius 2 is 2.11 bits per heavy atom. The van der Waals surface area contributed by atoms with Crippen LogP contribution in [0.25, 0.3) is 0 Å². The molecular weight excluding hydrogens is 306 g/mol. The normalized spacial score (nSPS) is 17.6. The second kappa shape index (κ2) is 6.62. The van der Waals surface area contributed by atoms with Crippen LogP contribution in [0.3, 0.4) is 0 Å². The van der Waals surface area contributed by atoms with Crippen molar-refractivity contribution in [2.45, 2.75) is 45.2 Å². The molecule has 0 saturated heterocycles. The molecule has 1 aliphatic carbocycles. The number of rotatable bonds is 5. The molecule has 2 N–H and O–H groups in total. The van der Waals surface area contributed by atoms with E-state index in [1.54, 1.807) is 7.11 Å². The van der Waals surface area contributed by atoms with Gasteiger partial charge in [0.25, 0.3) is 0 Å². The van der Waals surface area contributed by atoms with Crippen LogP contribution in [0.1, 0.15) is 38.2 Å². The largest absolute Gasteiger partial charge is 0.503 e. The topological polar surface area (TPSA) is 41.5 Å². The van der Waals surface area contributed by atoms with Gasteiger partial charge >= 0.3 is 0 Å². The number of phenolic OH excluding ortho intramolecular Hbond substituents is 1. The van der Waals surface area contributed by atoms with Gasteiger partial charge in [-0.3, -0.25) is 0 Å². The summed E-state index contributed by atoms with van der Waals surface area (Å²) in [5.41, 5.74) is 1.12. The van der Waals surface area contributed by atoms with Crippen molar-refractivity contribution in [2.24, 2.45) is 5.92 Å². The highest BCUT2D eigenvalue weighted by Gasteiger charge is 2.21. The molecule has 106 valence electrons. The molecule has 1 aromatic carbocycles. The summed E-state index contributed by atoms with van der Waals surface area (Å²) in [4.78, 5) is 0. The van der Waals surface area contributed by atoms with Crippen LogP contribution in [0.15, 0.2) is 16.6 Å². The van der Waals surface area contributed by atoms with Gasteiger partial charge in [0.1, 0.15) is 0 Å². The highest BCUT2D eigenvalue weighted by Crippen LogP contribution is 2.35. The summed E-state index contributed by atoms with van der Waals surface area (Å²) in [6.45, 7) is 3.07. The fraction of sp³-hybridized carbons (Fsp3) is 0.600. The van der Waals surface area contributed by atoms with Gasteiger partial charge < -0.3 is 15.2 Å². The fourth-order valence-electron chi connectivity index (χ4n) is 2.79. The zero-order valence-corrected chi connectivity index (χ0v) is 13.2. The molecule has 1 fully saturated rings.